The van der Waals surface area contributed by atoms with E-state index in [1.165, 1.54) is 6.07 Å². The minimum atomic E-state index is -0.522. The van der Waals surface area contributed by atoms with Gasteiger partial charge in [0.25, 0.3) is 0 Å². The molecule has 4 rings (SSSR count). The SMILES string of the molecule is CCCc1c(Cn2ccnc2-c2cccc(F)n2)nc2ccc(Cl)cn12. The molecule has 0 saturated heterocycles. The number of pyridine rings is 2. The van der Waals surface area contributed by atoms with Gasteiger partial charge in [0.05, 0.1) is 17.3 Å². The van der Waals surface area contributed by atoms with Crippen molar-refractivity contribution in [2.24, 2.45) is 0 Å². The molecule has 5 nitrogen and oxygen atoms in total. The van der Waals surface area contributed by atoms with E-state index in [-0.39, 0.29) is 0 Å². The van der Waals surface area contributed by atoms with Crippen LogP contribution in [0.15, 0.2) is 48.9 Å². The molecule has 0 aliphatic rings. The Labute approximate surface area is 155 Å². The highest BCUT2D eigenvalue weighted by molar-refractivity contribution is 6.30. The highest BCUT2D eigenvalue weighted by Gasteiger charge is 2.15. The van der Waals surface area contributed by atoms with Crippen LogP contribution in [-0.4, -0.2) is 23.9 Å². The molecule has 0 fully saturated rings. The van der Waals surface area contributed by atoms with E-state index in [0.717, 1.165) is 29.9 Å². The first-order valence-electron chi connectivity index (χ1n) is 8.45. The monoisotopic (exact) mass is 369 g/mol. The summed E-state index contributed by atoms with van der Waals surface area (Å²) in [5, 5.41) is 0.672. The summed E-state index contributed by atoms with van der Waals surface area (Å²) in [5.74, 6) is 0.0909. The van der Waals surface area contributed by atoms with Crippen molar-refractivity contribution in [3.05, 3.63) is 71.3 Å². The van der Waals surface area contributed by atoms with Crippen molar-refractivity contribution in [1.29, 1.82) is 0 Å². The van der Waals surface area contributed by atoms with Gasteiger partial charge in [0.15, 0.2) is 5.82 Å². The molecule has 0 unspecified atom stereocenters. The summed E-state index contributed by atoms with van der Waals surface area (Å²) in [4.78, 5) is 13.0. The van der Waals surface area contributed by atoms with Crippen molar-refractivity contribution in [2.75, 3.05) is 0 Å². The van der Waals surface area contributed by atoms with Gasteiger partial charge in [-0.2, -0.15) is 4.39 Å². The molecule has 132 valence electrons. The quantitative estimate of drug-likeness (QED) is 0.490. The number of aromatic nitrogens is 5. The van der Waals surface area contributed by atoms with Crippen molar-refractivity contribution >= 4 is 17.2 Å². The third-order valence-electron chi connectivity index (χ3n) is 4.23. The lowest BCUT2D eigenvalue weighted by Gasteiger charge is -2.08. The molecule has 4 heterocycles. The third kappa shape index (κ3) is 3.08. The first-order chi connectivity index (χ1) is 12.7. The average Bonchev–Trinajstić information content (AvgIpc) is 3.21. The molecule has 0 N–H and O–H groups in total. The van der Waals surface area contributed by atoms with Gasteiger partial charge < -0.3 is 8.97 Å². The van der Waals surface area contributed by atoms with Crippen LogP contribution < -0.4 is 0 Å². The van der Waals surface area contributed by atoms with Crippen molar-refractivity contribution in [3.8, 4) is 11.5 Å². The van der Waals surface area contributed by atoms with Gasteiger partial charge in [0, 0.05) is 24.3 Å². The fourth-order valence-corrected chi connectivity index (χ4v) is 3.27. The predicted octanol–water partition coefficient (Wildman–Crippen LogP) is 4.39. The van der Waals surface area contributed by atoms with Gasteiger partial charge in [-0.3, -0.25) is 0 Å². The standard InChI is InChI=1S/C19H17ClFN5/c1-2-4-16-15(24-18-8-7-13(20)11-26(16)18)12-25-10-9-22-19(25)14-5-3-6-17(21)23-14/h3,5-11H,2,4,12H2,1H3. The lowest BCUT2D eigenvalue weighted by atomic mass is 10.2. The number of nitrogens with zero attached hydrogens (tertiary/aromatic N) is 5. The van der Waals surface area contributed by atoms with Crippen LogP contribution in [0.3, 0.4) is 0 Å². The summed E-state index contributed by atoms with van der Waals surface area (Å²) in [6.07, 6.45) is 7.32. The molecule has 0 amide bonds. The average molecular weight is 370 g/mol. The normalized spacial score (nSPS) is 11.3. The largest absolute Gasteiger partial charge is 0.324 e. The lowest BCUT2D eigenvalue weighted by Crippen LogP contribution is -2.06. The van der Waals surface area contributed by atoms with E-state index >= 15 is 0 Å². The Balaban J connectivity index is 1.77. The predicted molar refractivity (Wildman–Crippen MR) is 98.7 cm³/mol. The van der Waals surface area contributed by atoms with Crippen LogP contribution in [0.2, 0.25) is 5.02 Å². The Morgan fingerprint density at radius 1 is 1.15 bits per heavy atom. The van der Waals surface area contributed by atoms with E-state index in [0.29, 0.717) is 23.1 Å². The molecule has 0 radical (unpaired) electrons. The summed E-state index contributed by atoms with van der Waals surface area (Å²) in [5.41, 5.74) is 3.43. The number of imidazole rings is 2. The number of halogens is 2. The smallest absolute Gasteiger partial charge is 0.213 e. The Morgan fingerprint density at radius 2 is 2.04 bits per heavy atom. The maximum atomic E-state index is 13.5. The van der Waals surface area contributed by atoms with Gasteiger partial charge in [-0.25, -0.2) is 15.0 Å². The van der Waals surface area contributed by atoms with E-state index < -0.39 is 5.95 Å². The summed E-state index contributed by atoms with van der Waals surface area (Å²) in [6.45, 7) is 2.66. The molecular weight excluding hydrogens is 353 g/mol. The zero-order valence-electron chi connectivity index (χ0n) is 14.2. The topological polar surface area (TPSA) is 48.0 Å². The molecule has 0 aliphatic carbocycles. The van der Waals surface area contributed by atoms with Crippen LogP contribution >= 0.6 is 11.6 Å². The molecule has 4 aromatic rings. The molecule has 0 bridgehead atoms. The first-order valence-corrected chi connectivity index (χ1v) is 8.83. The molecule has 0 atom stereocenters. The molecule has 0 spiro atoms. The Bertz CT molecular complexity index is 1070. The Hall–Kier alpha value is -2.73. The van der Waals surface area contributed by atoms with Crippen LogP contribution in [0.4, 0.5) is 4.39 Å². The van der Waals surface area contributed by atoms with Gasteiger partial charge in [-0.05, 0) is 30.7 Å². The minimum absolute atomic E-state index is 0.499. The Morgan fingerprint density at radius 3 is 2.85 bits per heavy atom. The maximum Gasteiger partial charge on any atom is 0.213 e. The van der Waals surface area contributed by atoms with Crippen molar-refractivity contribution in [3.63, 3.8) is 0 Å². The van der Waals surface area contributed by atoms with Gasteiger partial charge in [0.1, 0.15) is 11.3 Å². The molecule has 0 saturated carbocycles. The molecule has 7 heteroatoms. The van der Waals surface area contributed by atoms with E-state index in [1.807, 2.05) is 33.5 Å². The van der Waals surface area contributed by atoms with Gasteiger partial charge in [0.2, 0.25) is 5.95 Å². The number of aryl methyl sites for hydroxylation is 1. The van der Waals surface area contributed by atoms with Crippen LogP contribution in [0.25, 0.3) is 17.2 Å². The Kier molecular flexibility index (Phi) is 4.42. The second kappa shape index (κ2) is 6.88. The fraction of sp³-hybridized carbons (Fsp3) is 0.211. The number of hydrogen-bond donors (Lipinski definition) is 0. The van der Waals surface area contributed by atoms with Crippen LogP contribution in [0.1, 0.15) is 24.7 Å². The molecule has 4 aromatic heterocycles. The van der Waals surface area contributed by atoms with Gasteiger partial charge in [-0.15, -0.1) is 0 Å². The molecule has 26 heavy (non-hydrogen) atoms. The van der Waals surface area contributed by atoms with Crippen LogP contribution in [0, 0.1) is 5.95 Å². The number of rotatable bonds is 5. The summed E-state index contributed by atoms with van der Waals surface area (Å²) < 4.78 is 17.5. The first kappa shape index (κ1) is 16.7. The minimum Gasteiger partial charge on any atom is -0.324 e. The summed E-state index contributed by atoms with van der Waals surface area (Å²) in [6, 6.07) is 8.45. The summed E-state index contributed by atoms with van der Waals surface area (Å²) >= 11 is 6.16. The van der Waals surface area contributed by atoms with E-state index in [1.54, 1.807) is 18.3 Å². The zero-order chi connectivity index (χ0) is 18.1. The van der Waals surface area contributed by atoms with Crippen molar-refractivity contribution in [1.82, 2.24) is 23.9 Å². The van der Waals surface area contributed by atoms with E-state index in [2.05, 4.69) is 16.9 Å². The summed E-state index contributed by atoms with van der Waals surface area (Å²) in [7, 11) is 0. The van der Waals surface area contributed by atoms with Gasteiger partial charge >= 0.3 is 0 Å². The maximum absolute atomic E-state index is 13.5. The molecule has 0 aliphatic heterocycles. The zero-order valence-corrected chi connectivity index (χ0v) is 15.0. The molecular formula is C19H17ClFN5. The van der Waals surface area contributed by atoms with E-state index in [9.17, 15) is 4.39 Å². The second-order valence-corrected chi connectivity index (χ2v) is 6.49. The fourth-order valence-electron chi connectivity index (χ4n) is 3.11. The third-order valence-corrected chi connectivity index (χ3v) is 4.45. The van der Waals surface area contributed by atoms with Crippen molar-refractivity contribution in [2.45, 2.75) is 26.3 Å². The second-order valence-electron chi connectivity index (χ2n) is 6.06. The number of hydrogen-bond acceptors (Lipinski definition) is 3. The van der Waals surface area contributed by atoms with E-state index in [4.69, 9.17) is 16.6 Å². The van der Waals surface area contributed by atoms with Crippen LogP contribution in [0.5, 0.6) is 0 Å². The number of fused-ring (bicyclic) bond motifs is 1. The van der Waals surface area contributed by atoms with Gasteiger partial charge in [-0.1, -0.05) is 31.0 Å². The highest BCUT2D eigenvalue weighted by Crippen LogP contribution is 2.21. The highest BCUT2D eigenvalue weighted by atomic mass is 35.5. The van der Waals surface area contributed by atoms with Crippen molar-refractivity contribution < 1.29 is 4.39 Å². The lowest BCUT2D eigenvalue weighted by molar-refractivity contribution is 0.584. The van der Waals surface area contributed by atoms with Crippen LogP contribution in [-0.2, 0) is 13.0 Å². The molecule has 0 aromatic carbocycles.